The summed E-state index contributed by atoms with van der Waals surface area (Å²) in [6.45, 7) is 7.09. The molecule has 1 N–H and O–H groups in total. The summed E-state index contributed by atoms with van der Waals surface area (Å²) in [5, 5.41) is 3.48. The van der Waals surface area contributed by atoms with Crippen LogP contribution in [-0.4, -0.2) is 62.9 Å². The molecule has 1 aliphatic rings. The summed E-state index contributed by atoms with van der Waals surface area (Å²) in [6.07, 6.45) is 3.65. The summed E-state index contributed by atoms with van der Waals surface area (Å²) >= 11 is 0. The molecule has 0 aromatic carbocycles. The van der Waals surface area contributed by atoms with E-state index in [2.05, 4.69) is 19.2 Å². The Kier molecular flexibility index (Phi) is 8.02. The molecule has 1 atom stereocenters. The molecule has 0 bridgehead atoms. The number of methoxy groups -OCH3 is 1. The molecule has 19 heavy (non-hydrogen) atoms. The molecule has 1 amide bonds. The van der Waals surface area contributed by atoms with Gasteiger partial charge in [0.2, 0.25) is 5.91 Å². The molecular formula is C14H28N2O3. The molecule has 1 rings (SSSR count). The van der Waals surface area contributed by atoms with Gasteiger partial charge in [0.15, 0.2) is 0 Å². The van der Waals surface area contributed by atoms with Crippen LogP contribution < -0.4 is 5.32 Å². The Balaban J connectivity index is 2.35. The first kappa shape index (κ1) is 16.4. The second-order valence-electron chi connectivity index (χ2n) is 5.33. The molecule has 0 aromatic rings. The number of hydrogen-bond donors (Lipinski definition) is 1. The van der Waals surface area contributed by atoms with Crippen molar-refractivity contribution in [1.82, 2.24) is 10.2 Å². The quantitative estimate of drug-likeness (QED) is 0.671. The Morgan fingerprint density at radius 1 is 1.37 bits per heavy atom. The van der Waals surface area contributed by atoms with E-state index in [-0.39, 0.29) is 18.6 Å². The summed E-state index contributed by atoms with van der Waals surface area (Å²) < 4.78 is 10.2. The third kappa shape index (κ3) is 6.36. The van der Waals surface area contributed by atoms with Crippen molar-refractivity contribution >= 4 is 5.91 Å². The minimum absolute atomic E-state index is 0.0680. The number of ether oxygens (including phenoxy) is 2. The summed E-state index contributed by atoms with van der Waals surface area (Å²) in [7, 11) is 1.63. The molecule has 1 heterocycles. The van der Waals surface area contributed by atoms with Crippen LogP contribution >= 0.6 is 0 Å². The SMILES string of the molecule is COCCOCC(=O)N(CC1CCCCN1)C(C)C. The van der Waals surface area contributed by atoms with Gasteiger partial charge in [-0.25, -0.2) is 0 Å². The Bertz CT molecular complexity index is 253. The second kappa shape index (κ2) is 9.28. The zero-order chi connectivity index (χ0) is 14.1. The van der Waals surface area contributed by atoms with Crippen LogP contribution in [-0.2, 0) is 14.3 Å². The number of piperidine rings is 1. The molecule has 5 heteroatoms. The smallest absolute Gasteiger partial charge is 0.248 e. The lowest BCUT2D eigenvalue weighted by Crippen LogP contribution is -2.49. The fourth-order valence-corrected chi connectivity index (χ4v) is 2.30. The molecule has 1 unspecified atom stereocenters. The largest absolute Gasteiger partial charge is 0.382 e. The van der Waals surface area contributed by atoms with Crippen molar-refractivity contribution in [2.75, 3.05) is 40.0 Å². The number of hydrogen-bond acceptors (Lipinski definition) is 4. The number of carbonyl (C=O) groups excluding carboxylic acids is 1. The van der Waals surface area contributed by atoms with Gasteiger partial charge in [-0.3, -0.25) is 4.79 Å². The maximum atomic E-state index is 12.2. The van der Waals surface area contributed by atoms with Crippen molar-refractivity contribution < 1.29 is 14.3 Å². The van der Waals surface area contributed by atoms with Crippen LogP contribution in [0.3, 0.4) is 0 Å². The predicted molar refractivity (Wildman–Crippen MR) is 75.2 cm³/mol. The van der Waals surface area contributed by atoms with Crippen LogP contribution in [0.15, 0.2) is 0 Å². The molecule has 1 saturated heterocycles. The molecule has 1 fully saturated rings. The predicted octanol–water partition coefficient (Wildman–Crippen LogP) is 1.03. The number of amides is 1. The molecule has 0 aromatic heterocycles. The van der Waals surface area contributed by atoms with Gasteiger partial charge in [-0.15, -0.1) is 0 Å². The lowest BCUT2D eigenvalue weighted by atomic mass is 10.0. The third-order valence-corrected chi connectivity index (χ3v) is 3.43. The molecule has 112 valence electrons. The Morgan fingerprint density at radius 3 is 2.74 bits per heavy atom. The van der Waals surface area contributed by atoms with E-state index >= 15 is 0 Å². The number of carbonyl (C=O) groups is 1. The summed E-state index contributed by atoms with van der Waals surface area (Å²) in [5.41, 5.74) is 0. The van der Waals surface area contributed by atoms with Gasteiger partial charge in [-0.1, -0.05) is 6.42 Å². The van der Waals surface area contributed by atoms with Crippen LogP contribution in [0, 0.1) is 0 Å². The van der Waals surface area contributed by atoms with Crippen molar-refractivity contribution in [3.05, 3.63) is 0 Å². The van der Waals surface area contributed by atoms with E-state index in [1.807, 2.05) is 4.90 Å². The highest BCUT2D eigenvalue weighted by atomic mass is 16.5. The van der Waals surface area contributed by atoms with E-state index in [1.54, 1.807) is 7.11 Å². The van der Waals surface area contributed by atoms with Gasteiger partial charge >= 0.3 is 0 Å². The molecule has 0 spiro atoms. The van der Waals surface area contributed by atoms with Gasteiger partial charge in [0.25, 0.3) is 0 Å². The monoisotopic (exact) mass is 272 g/mol. The molecule has 0 aliphatic carbocycles. The minimum atomic E-state index is 0.0680. The van der Waals surface area contributed by atoms with Crippen molar-refractivity contribution in [3.63, 3.8) is 0 Å². The number of nitrogens with zero attached hydrogens (tertiary/aromatic N) is 1. The number of rotatable bonds is 8. The lowest BCUT2D eigenvalue weighted by Gasteiger charge is -2.33. The lowest BCUT2D eigenvalue weighted by molar-refractivity contribution is -0.138. The average Bonchev–Trinajstić information content (AvgIpc) is 2.41. The van der Waals surface area contributed by atoms with Crippen molar-refractivity contribution in [3.8, 4) is 0 Å². The topological polar surface area (TPSA) is 50.8 Å². The maximum absolute atomic E-state index is 12.2. The van der Waals surface area contributed by atoms with Crippen LogP contribution in [0.5, 0.6) is 0 Å². The van der Waals surface area contributed by atoms with E-state index in [1.165, 1.54) is 12.8 Å². The molecule has 1 aliphatic heterocycles. The Hall–Kier alpha value is -0.650. The molecule has 0 radical (unpaired) electrons. The van der Waals surface area contributed by atoms with Crippen molar-refractivity contribution in [2.24, 2.45) is 0 Å². The Morgan fingerprint density at radius 2 is 2.16 bits per heavy atom. The van der Waals surface area contributed by atoms with Gasteiger partial charge < -0.3 is 19.7 Å². The highest BCUT2D eigenvalue weighted by Gasteiger charge is 2.22. The van der Waals surface area contributed by atoms with E-state index < -0.39 is 0 Å². The fraction of sp³-hybridized carbons (Fsp3) is 0.929. The maximum Gasteiger partial charge on any atom is 0.248 e. The van der Waals surface area contributed by atoms with E-state index in [0.717, 1.165) is 19.5 Å². The summed E-state index contributed by atoms with van der Waals surface area (Å²) in [5.74, 6) is 0.0680. The van der Waals surface area contributed by atoms with Gasteiger partial charge in [0.05, 0.1) is 13.2 Å². The van der Waals surface area contributed by atoms with Crippen LogP contribution in [0.25, 0.3) is 0 Å². The first-order valence-corrected chi connectivity index (χ1v) is 7.24. The standard InChI is InChI=1S/C14H28N2O3/c1-12(2)16(10-13-6-4-5-7-15-13)14(17)11-19-9-8-18-3/h12-13,15H,4-11H2,1-3H3. The molecule has 5 nitrogen and oxygen atoms in total. The zero-order valence-corrected chi connectivity index (χ0v) is 12.5. The van der Waals surface area contributed by atoms with Crippen molar-refractivity contribution in [2.45, 2.75) is 45.2 Å². The first-order chi connectivity index (χ1) is 9.15. The van der Waals surface area contributed by atoms with Crippen LogP contribution in [0.2, 0.25) is 0 Å². The van der Waals surface area contributed by atoms with E-state index in [9.17, 15) is 4.79 Å². The average molecular weight is 272 g/mol. The van der Waals surface area contributed by atoms with Gasteiger partial charge in [-0.2, -0.15) is 0 Å². The van der Waals surface area contributed by atoms with Crippen molar-refractivity contribution in [1.29, 1.82) is 0 Å². The van der Waals surface area contributed by atoms with Gasteiger partial charge in [-0.05, 0) is 33.2 Å². The zero-order valence-electron chi connectivity index (χ0n) is 12.5. The van der Waals surface area contributed by atoms with Crippen LogP contribution in [0.1, 0.15) is 33.1 Å². The van der Waals surface area contributed by atoms with E-state index in [4.69, 9.17) is 9.47 Å². The summed E-state index contributed by atoms with van der Waals surface area (Å²) in [4.78, 5) is 14.1. The second-order valence-corrected chi connectivity index (χ2v) is 5.33. The highest BCUT2D eigenvalue weighted by Crippen LogP contribution is 2.10. The highest BCUT2D eigenvalue weighted by molar-refractivity contribution is 5.77. The Labute approximate surface area is 116 Å². The summed E-state index contributed by atoms with van der Waals surface area (Å²) in [6, 6.07) is 0.640. The fourth-order valence-electron chi connectivity index (χ4n) is 2.30. The molecule has 0 saturated carbocycles. The molecular weight excluding hydrogens is 244 g/mol. The van der Waals surface area contributed by atoms with E-state index in [0.29, 0.717) is 19.3 Å². The van der Waals surface area contributed by atoms with Gasteiger partial charge in [0.1, 0.15) is 6.61 Å². The minimum Gasteiger partial charge on any atom is -0.382 e. The van der Waals surface area contributed by atoms with Gasteiger partial charge in [0, 0.05) is 25.7 Å². The number of nitrogens with one attached hydrogen (secondary N) is 1. The van der Waals surface area contributed by atoms with Crippen LogP contribution in [0.4, 0.5) is 0 Å². The normalized spacial score (nSPS) is 19.7. The first-order valence-electron chi connectivity index (χ1n) is 7.24. The third-order valence-electron chi connectivity index (χ3n) is 3.43.